The Balaban J connectivity index is 1.60. The number of imidazole rings is 1. The number of aryl methyl sites for hydroxylation is 1. The first kappa shape index (κ1) is 18.5. The SMILES string of the molecule is COc1cccc(CCC(=O)N2CCC[C@H](c3nccn3C(C)C)C2)c1. The molecule has 5 heteroatoms. The van der Waals surface area contributed by atoms with E-state index in [1.807, 2.05) is 41.6 Å². The molecule has 26 heavy (non-hydrogen) atoms. The second kappa shape index (κ2) is 8.39. The van der Waals surface area contributed by atoms with E-state index < -0.39 is 0 Å². The second-order valence-electron chi connectivity index (χ2n) is 7.32. The molecule has 0 unspecified atom stereocenters. The van der Waals surface area contributed by atoms with Gasteiger partial charge in [0.1, 0.15) is 11.6 Å². The van der Waals surface area contributed by atoms with Crippen LogP contribution in [-0.4, -0.2) is 40.6 Å². The topological polar surface area (TPSA) is 47.4 Å². The summed E-state index contributed by atoms with van der Waals surface area (Å²) in [6.45, 7) is 5.98. The number of benzene rings is 1. The molecule has 1 amide bonds. The molecule has 1 aliphatic heterocycles. The summed E-state index contributed by atoms with van der Waals surface area (Å²) < 4.78 is 7.49. The molecule has 1 aromatic carbocycles. The Morgan fingerprint density at radius 1 is 1.38 bits per heavy atom. The van der Waals surface area contributed by atoms with Gasteiger partial charge in [-0.1, -0.05) is 12.1 Å². The minimum atomic E-state index is 0.236. The smallest absolute Gasteiger partial charge is 0.222 e. The Morgan fingerprint density at radius 3 is 3.00 bits per heavy atom. The van der Waals surface area contributed by atoms with E-state index >= 15 is 0 Å². The lowest BCUT2D eigenvalue weighted by Gasteiger charge is -2.33. The van der Waals surface area contributed by atoms with E-state index in [9.17, 15) is 4.79 Å². The van der Waals surface area contributed by atoms with Gasteiger partial charge in [0, 0.05) is 43.9 Å². The molecule has 0 bridgehead atoms. The van der Waals surface area contributed by atoms with E-state index in [4.69, 9.17) is 4.74 Å². The summed E-state index contributed by atoms with van der Waals surface area (Å²) in [5.74, 6) is 2.53. The van der Waals surface area contributed by atoms with Crippen molar-refractivity contribution < 1.29 is 9.53 Å². The number of piperidine rings is 1. The normalized spacial score (nSPS) is 17.5. The number of likely N-dealkylation sites (tertiary alicyclic amines) is 1. The third-order valence-corrected chi connectivity index (χ3v) is 5.16. The largest absolute Gasteiger partial charge is 0.497 e. The second-order valence-corrected chi connectivity index (χ2v) is 7.32. The lowest BCUT2D eigenvalue weighted by Crippen LogP contribution is -2.40. The number of rotatable bonds is 6. The number of hydrogen-bond acceptors (Lipinski definition) is 3. The molecule has 1 aliphatic rings. The van der Waals surface area contributed by atoms with Crippen molar-refractivity contribution >= 4 is 5.91 Å². The number of amides is 1. The summed E-state index contributed by atoms with van der Waals surface area (Å²) in [7, 11) is 1.67. The number of carbonyl (C=O) groups excluding carboxylic acids is 1. The molecule has 0 radical (unpaired) electrons. The highest BCUT2D eigenvalue weighted by atomic mass is 16.5. The number of aromatic nitrogens is 2. The van der Waals surface area contributed by atoms with Crippen LogP contribution in [-0.2, 0) is 11.2 Å². The Hall–Kier alpha value is -2.30. The summed E-state index contributed by atoms with van der Waals surface area (Å²) in [6, 6.07) is 8.35. The quantitative estimate of drug-likeness (QED) is 0.791. The molecular formula is C21H29N3O2. The molecule has 0 saturated carbocycles. The number of hydrogen-bond donors (Lipinski definition) is 0. The summed E-state index contributed by atoms with van der Waals surface area (Å²) in [5, 5.41) is 0. The van der Waals surface area contributed by atoms with Gasteiger partial charge in [-0.25, -0.2) is 4.98 Å². The molecule has 1 atom stereocenters. The van der Waals surface area contributed by atoms with Crippen LogP contribution in [0, 0.1) is 0 Å². The predicted octanol–water partition coefficient (Wildman–Crippen LogP) is 3.81. The summed E-state index contributed by atoms with van der Waals surface area (Å²) in [5.41, 5.74) is 1.14. The first-order chi connectivity index (χ1) is 12.6. The third kappa shape index (κ3) is 4.26. The Bertz CT molecular complexity index is 738. The fourth-order valence-electron chi connectivity index (χ4n) is 3.73. The minimum Gasteiger partial charge on any atom is -0.497 e. The van der Waals surface area contributed by atoms with Crippen LogP contribution in [0.2, 0.25) is 0 Å². The molecule has 0 spiro atoms. The van der Waals surface area contributed by atoms with E-state index in [1.165, 1.54) is 0 Å². The van der Waals surface area contributed by atoms with Crippen molar-refractivity contribution in [2.75, 3.05) is 20.2 Å². The summed E-state index contributed by atoms with van der Waals surface area (Å²) in [4.78, 5) is 19.3. The Kier molecular flexibility index (Phi) is 5.96. The van der Waals surface area contributed by atoms with E-state index in [0.29, 0.717) is 18.4 Å². The Morgan fingerprint density at radius 2 is 2.23 bits per heavy atom. The van der Waals surface area contributed by atoms with Crippen molar-refractivity contribution in [2.24, 2.45) is 0 Å². The van der Waals surface area contributed by atoms with Crippen LogP contribution in [0.3, 0.4) is 0 Å². The molecule has 0 aliphatic carbocycles. The molecule has 2 aromatic rings. The highest BCUT2D eigenvalue weighted by molar-refractivity contribution is 5.76. The zero-order chi connectivity index (χ0) is 18.5. The van der Waals surface area contributed by atoms with Crippen molar-refractivity contribution in [3.8, 4) is 5.75 Å². The molecule has 1 aromatic heterocycles. The van der Waals surface area contributed by atoms with E-state index in [1.54, 1.807) is 7.11 Å². The van der Waals surface area contributed by atoms with E-state index in [2.05, 4.69) is 23.4 Å². The minimum absolute atomic E-state index is 0.236. The monoisotopic (exact) mass is 355 g/mol. The zero-order valence-electron chi connectivity index (χ0n) is 16.0. The molecule has 3 rings (SSSR count). The molecule has 5 nitrogen and oxygen atoms in total. The van der Waals surface area contributed by atoms with Gasteiger partial charge >= 0.3 is 0 Å². The van der Waals surface area contributed by atoms with Gasteiger partial charge in [-0.05, 0) is 50.8 Å². The maximum absolute atomic E-state index is 12.7. The lowest BCUT2D eigenvalue weighted by molar-refractivity contribution is -0.132. The van der Waals surface area contributed by atoms with Crippen LogP contribution >= 0.6 is 0 Å². The fraction of sp³-hybridized carbons (Fsp3) is 0.524. The highest BCUT2D eigenvalue weighted by Crippen LogP contribution is 2.28. The standard InChI is InChI=1S/C21H29N3O2/c1-16(2)24-13-11-22-21(24)18-7-5-12-23(15-18)20(25)10-9-17-6-4-8-19(14-17)26-3/h4,6,8,11,13-14,16,18H,5,7,9-10,12,15H2,1-3H3/t18-/m0/s1. The average molecular weight is 355 g/mol. The number of ether oxygens (including phenoxy) is 1. The van der Waals surface area contributed by atoms with Crippen LogP contribution in [0.4, 0.5) is 0 Å². The molecule has 1 fully saturated rings. The van der Waals surface area contributed by atoms with Crippen LogP contribution in [0.25, 0.3) is 0 Å². The zero-order valence-corrected chi connectivity index (χ0v) is 16.0. The number of nitrogens with zero attached hydrogens (tertiary/aromatic N) is 3. The van der Waals surface area contributed by atoms with Crippen molar-refractivity contribution in [3.63, 3.8) is 0 Å². The first-order valence-corrected chi connectivity index (χ1v) is 9.52. The molecule has 140 valence electrons. The molecular weight excluding hydrogens is 326 g/mol. The van der Waals surface area contributed by atoms with E-state index in [-0.39, 0.29) is 5.91 Å². The lowest BCUT2D eigenvalue weighted by atomic mass is 9.96. The number of methoxy groups -OCH3 is 1. The highest BCUT2D eigenvalue weighted by Gasteiger charge is 2.27. The van der Waals surface area contributed by atoms with Crippen LogP contribution in [0.15, 0.2) is 36.7 Å². The van der Waals surface area contributed by atoms with Gasteiger partial charge in [0.15, 0.2) is 0 Å². The van der Waals surface area contributed by atoms with E-state index in [0.717, 1.165) is 49.5 Å². The van der Waals surface area contributed by atoms with Crippen molar-refractivity contribution in [1.82, 2.24) is 14.5 Å². The van der Waals surface area contributed by atoms with Gasteiger partial charge in [-0.2, -0.15) is 0 Å². The van der Waals surface area contributed by atoms with Crippen LogP contribution in [0.1, 0.15) is 56.5 Å². The van der Waals surface area contributed by atoms with Gasteiger partial charge in [0.05, 0.1) is 7.11 Å². The number of carbonyl (C=O) groups is 1. The van der Waals surface area contributed by atoms with Gasteiger partial charge < -0.3 is 14.2 Å². The third-order valence-electron chi connectivity index (χ3n) is 5.16. The van der Waals surface area contributed by atoms with Gasteiger partial charge in [0.25, 0.3) is 0 Å². The summed E-state index contributed by atoms with van der Waals surface area (Å²) >= 11 is 0. The Labute approximate surface area is 156 Å². The maximum atomic E-state index is 12.7. The van der Waals surface area contributed by atoms with Crippen LogP contribution in [0.5, 0.6) is 5.75 Å². The molecule has 2 heterocycles. The first-order valence-electron chi connectivity index (χ1n) is 9.52. The van der Waals surface area contributed by atoms with Crippen LogP contribution < -0.4 is 4.74 Å². The van der Waals surface area contributed by atoms with Crippen molar-refractivity contribution in [1.29, 1.82) is 0 Å². The predicted molar refractivity (Wildman–Crippen MR) is 102 cm³/mol. The molecule has 0 N–H and O–H groups in total. The van der Waals surface area contributed by atoms with Gasteiger partial charge in [-0.15, -0.1) is 0 Å². The van der Waals surface area contributed by atoms with Crippen molar-refractivity contribution in [3.05, 3.63) is 48.0 Å². The fourth-order valence-corrected chi connectivity index (χ4v) is 3.73. The molecule has 1 saturated heterocycles. The summed E-state index contributed by atoms with van der Waals surface area (Å²) in [6.07, 6.45) is 7.35. The van der Waals surface area contributed by atoms with Crippen molar-refractivity contribution in [2.45, 2.75) is 51.5 Å². The average Bonchev–Trinajstić information content (AvgIpc) is 3.16. The maximum Gasteiger partial charge on any atom is 0.222 e. The van der Waals surface area contributed by atoms with Gasteiger partial charge in [0.2, 0.25) is 5.91 Å². The van der Waals surface area contributed by atoms with Gasteiger partial charge in [-0.3, -0.25) is 4.79 Å².